The molecule has 3 aromatic heterocycles. The average molecular weight is 882 g/mol. The lowest BCUT2D eigenvalue weighted by Crippen LogP contribution is -2.57. The first-order chi connectivity index (χ1) is 30.4. The summed E-state index contributed by atoms with van der Waals surface area (Å²) in [5, 5.41) is 15.6. The molecule has 330 valence electrons. The monoisotopic (exact) mass is 881 g/mol. The molecule has 18 heteroatoms. The van der Waals surface area contributed by atoms with E-state index in [1.807, 2.05) is 36.0 Å². The van der Waals surface area contributed by atoms with Crippen molar-refractivity contribution in [3.63, 3.8) is 0 Å². The first kappa shape index (κ1) is 40.2. The highest BCUT2D eigenvalue weighted by atomic mass is 35.5. The summed E-state index contributed by atoms with van der Waals surface area (Å²) in [7, 11) is 3.55. The SMILES string of the molecule is Cn1nc(C2CCC(=O)NC2=O)c2cccc(N3CCC(CN4CCN(c5ncc(Cl)c(Nc6ccc7c(c6)c6c(c(=O)n7C)OCC(F)(F)[C@H](C7CC7)N6)n5)CC45CC5)CC3)c21. The highest BCUT2D eigenvalue weighted by Gasteiger charge is 2.53. The Kier molecular flexibility index (Phi) is 9.60. The number of anilines is 5. The number of ether oxygens (including phenoxy) is 1. The van der Waals surface area contributed by atoms with Crippen molar-refractivity contribution >= 4 is 74.0 Å². The van der Waals surface area contributed by atoms with Crippen LogP contribution >= 0.6 is 11.6 Å². The predicted octanol–water partition coefficient (Wildman–Crippen LogP) is 5.92. The summed E-state index contributed by atoms with van der Waals surface area (Å²) in [5.41, 5.74) is 3.98. The van der Waals surface area contributed by atoms with Gasteiger partial charge >= 0.3 is 5.92 Å². The quantitative estimate of drug-likeness (QED) is 0.159. The fraction of sp³-hybridized carbons (Fsp3) is 0.511. The van der Waals surface area contributed by atoms with Gasteiger partial charge in [-0.05, 0) is 81.0 Å². The molecule has 0 bridgehead atoms. The third-order valence-corrected chi connectivity index (χ3v) is 14.7. The Morgan fingerprint density at radius 3 is 2.54 bits per heavy atom. The molecule has 15 nitrogen and oxygen atoms in total. The molecule has 11 rings (SSSR count). The van der Waals surface area contributed by atoms with Gasteiger partial charge in [-0.1, -0.05) is 23.7 Å². The number of alkyl halides is 2. The minimum atomic E-state index is -3.13. The van der Waals surface area contributed by atoms with Crippen LogP contribution in [0.4, 0.5) is 37.6 Å². The first-order valence-electron chi connectivity index (χ1n) is 22.1. The lowest BCUT2D eigenvalue weighted by Gasteiger charge is -2.45. The normalized spacial score (nSPS) is 23.6. The number of nitrogens with one attached hydrogen (secondary N) is 3. The van der Waals surface area contributed by atoms with Crippen LogP contribution in [0.1, 0.15) is 63.0 Å². The number of amides is 2. The van der Waals surface area contributed by atoms with Crippen LogP contribution in [0.3, 0.4) is 0 Å². The van der Waals surface area contributed by atoms with E-state index in [1.54, 1.807) is 19.3 Å². The number of hydrogen-bond donors (Lipinski definition) is 3. The van der Waals surface area contributed by atoms with Gasteiger partial charge in [0.15, 0.2) is 12.4 Å². The maximum atomic E-state index is 15.2. The zero-order chi connectivity index (χ0) is 43.4. The van der Waals surface area contributed by atoms with Crippen LogP contribution in [0.15, 0.2) is 47.4 Å². The number of nitrogens with zero attached hydrogens (tertiary/aromatic N) is 8. The number of carbonyl (C=O) groups is 2. The van der Waals surface area contributed by atoms with Crippen molar-refractivity contribution in [1.82, 2.24) is 34.5 Å². The second-order valence-corrected chi connectivity index (χ2v) is 18.9. The molecule has 2 aliphatic carbocycles. The van der Waals surface area contributed by atoms with E-state index < -0.39 is 30.0 Å². The number of pyridine rings is 1. The fourth-order valence-electron chi connectivity index (χ4n) is 10.6. The molecule has 5 fully saturated rings. The summed E-state index contributed by atoms with van der Waals surface area (Å²) in [4.78, 5) is 54.9. The largest absolute Gasteiger partial charge is 0.480 e. The number of fused-ring (bicyclic) bond motifs is 4. The van der Waals surface area contributed by atoms with E-state index >= 15 is 8.78 Å². The van der Waals surface area contributed by atoms with Crippen LogP contribution in [0, 0.1) is 11.8 Å². The number of hydrogen-bond acceptors (Lipinski definition) is 12. The van der Waals surface area contributed by atoms with E-state index in [-0.39, 0.29) is 34.7 Å². The second-order valence-electron chi connectivity index (χ2n) is 18.5. The molecule has 4 aliphatic heterocycles. The number of piperazine rings is 1. The van der Waals surface area contributed by atoms with Crippen LogP contribution in [0.25, 0.3) is 21.8 Å². The zero-order valence-corrected chi connectivity index (χ0v) is 36.1. The topological polar surface area (TPSA) is 155 Å². The third-order valence-electron chi connectivity index (χ3n) is 14.4. The first-order valence-corrected chi connectivity index (χ1v) is 22.5. The molecule has 2 amide bonds. The van der Waals surface area contributed by atoms with Crippen molar-refractivity contribution in [3.05, 3.63) is 63.7 Å². The number of carbonyl (C=O) groups excluding carboxylic acids is 2. The van der Waals surface area contributed by atoms with Gasteiger partial charge in [0.2, 0.25) is 23.5 Å². The maximum absolute atomic E-state index is 15.2. The molecular weight excluding hydrogens is 832 g/mol. The fourth-order valence-corrected chi connectivity index (χ4v) is 10.7. The van der Waals surface area contributed by atoms with Gasteiger partial charge in [-0.2, -0.15) is 10.1 Å². The maximum Gasteiger partial charge on any atom is 0.301 e. The third kappa shape index (κ3) is 7.11. The molecule has 2 saturated carbocycles. The molecular formula is C45H50ClF2N11O4. The van der Waals surface area contributed by atoms with Gasteiger partial charge in [0.1, 0.15) is 5.02 Å². The molecule has 63 heavy (non-hydrogen) atoms. The van der Waals surface area contributed by atoms with Gasteiger partial charge in [0.05, 0.1) is 46.3 Å². The summed E-state index contributed by atoms with van der Waals surface area (Å²) < 4.78 is 39.3. The predicted molar refractivity (Wildman–Crippen MR) is 237 cm³/mol. The Morgan fingerprint density at radius 2 is 1.78 bits per heavy atom. The number of aromatic nitrogens is 5. The lowest BCUT2D eigenvalue weighted by molar-refractivity contribution is -0.134. The Labute approximate surface area is 367 Å². The summed E-state index contributed by atoms with van der Waals surface area (Å²) in [6.07, 6.45) is 8.19. The minimum Gasteiger partial charge on any atom is -0.480 e. The van der Waals surface area contributed by atoms with E-state index in [9.17, 15) is 14.4 Å². The van der Waals surface area contributed by atoms with Gasteiger partial charge in [0.25, 0.3) is 5.56 Å². The number of aryl methyl sites for hydroxylation is 2. The van der Waals surface area contributed by atoms with E-state index in [0.29, 0.717) is 65.0 Å². The number of halogens is 3. The van der Waals surface area contributed by atoms with Crippen molar-refractivity contribution in [2.45, 2.75) is 74.8 Å². The van der Waals surface area contributed by atoms with Crippen molar-refractivity contribution in [1.29, 1.82) is 0 Å². The zero-order valence-electron chi connectivity index (χ0n) is 35.3. The van der Waals surface area contributed by atoms with Crippen molar-refractivity contribution in [3.8, 4) is 5.75 Å². The number of benzene rings is 2. The molecule has 6 aliphatic rings. The highest BCUT2D eigenvalue weighted by molar-refractivity contribution is 6.33. The molecule has 5 aromatic rings. The molecule has 3 N–H and O–H groups in total. The molecule has 1 unspecified atom stereocenters. The summed E-state index contributed by atoms with van der Waals surface area (Å²) >= 11 is 6.70. The van der Waals surface area contributed by atoms with E-state index in [4.69, 9.17) is 26.4 Å². The Bertz CT molecular complexity index is 2750. The van der Waals surface area contributed by atoms with Crippen LogP contribution in [0.2, 0.25) is 5.02 Å². The van der Waals surface area contributed by atoms with Gasteiger partial charge in [-0.25, -0.2) is 13.8 Å². The summed E-state index contributed by atoms with van der Waals surface area (Å²) in [6.45, 7) is 4.54. The minimum absolute atomic E-state index is 0.0784. The highest BCUT2D eigenvalue weighted by Crippen LogP contribution is 2.48. The van der Waals surface area contributed by atoms with E-state index in [0.717, 1.165) is 87.2 Å². The Balaban J connectivity index is 0.760. The standard InChI is InChI=1S/C45H50ClF2N11O4/c1-55-32-10-8-27(20-30(32)36-38(42(55)62)63-24-45(47,48)39(52-36)26-6-7-26)50-40-31(46)21-49-43(53-40)58-18-19-59(44(23-58)14-15-44)22-25-12-16-57(17-13-25)33-5-3-4-28-35(54-56(2)37(28)33)29-9-11-34(60)51-41(29)61/h3-5,8,10,20-21,25-26,29,39,52H,6-7,9,11-19,22-24H2,1-2H3,(H,49,50,53)(H,51,60,61)/t29?,39-/m0/s1. The van der Waals surface area contributed by atoms with Crippen molar-refractivity contribution < 1.29 is 23.1 Å². The van der Waals surface area contributed by atoms with Crippen molar-refractivity contribution in [2.24, 2.45) is 25.9 Å². The van der Waals surface area contributed by atoms with E-state index in [2.05, 4.69) is 41.7 Å². The number of piperidine rings is 2. The van der Waals surface area contributed by atoms with Gasteiger partial charge in [-0.15, -0.1) is 0 Å². The second kappa shape index (κ2) is 15.0. The average Bonchev–Trinajstić information content (AvgIpc) is 4.22. The summed E-state index contributed by atoms with van der Waals surface area (Å²) in [6, 6.07) is 10.5. The molecule has 0 radical (unpaired) electrons. The number of rotatable bonds is 8. The Morgan fingerprint density at radius 1 is 0.968 bits per heavy atom. The van der Waals surface area contributed by atoms with Crippen LogP contribution in [-0.4, -0.2) is 104 Å². The van der Waals surface area contributed by atoms with Gasteiger partial charge in [0, 0.05) is 81.8 Å². The lowest BCUT2D eigenvalue weighted by atomic mass is 9.92. The number of imide groups is 1. The van der Waals surface area contributed by atoms with Crippen LogP contribution in [0.5, 0.6) is 5.75 Å². The van der Waals surface area contributed by atoms with Crippen LogP contribution in [-0.2, 0) is 23.7 Å². The van der Waals surface area contributed by atoms with Crippen molar-refractivity contribution in [2.75, 3.05) is 66.3 Å². The molecule has 2 atom stereocenters. The summed E-state index contributed by atoms with van der Waals surface area (Å²) in [5.74, 6) is -2.77. The molecule has 2 aromatic carbocycles. The van der Waals surface area contributed by atoms with Gasteiger partial charge in [-0.3, -0.25) is 29.3 Å². The molecule has 1 spiro atoms. The van der Waals surface area contributed by atoms with Crippen LogP contribution < -0.4 is 36.0 Å². The van der Waals surface area contributed by atoms with Gasteiger partial charge < -0.3 is 29.7 Å². The van der Waals surface area contributed by atoms with E-state index in [1.165, 1.54) is 4.57 Å². The Hall–Kier alpha value is -5.55. The molecule has 7 heterocycles. The number of para-hydroxylation sites is 1. The smallest absolute Gasteiger partial charge is 0.301 e. The molecule has 3 saturated heterocycles.